The predicted molar refractivity (Wildman–Crippen MR) is 98.0 cm³/mol. The third kappa shape index (κ3) is 2.38. The number of fused-ring (bicyclic) bond motifs is 1. The van der Waals surface area contributed by atoms with E-state index in [1.165, 1.54) is 4.90 Å². The first-order valence-electron chi connectivity index (χ1n) is 9.52. The van der Waals surface area contributed by atoms with Crippen LogP contribution >= 0.6 is 0 Å². The van der Waals surface area contributed by atoms with Crippen LogP contribution in [0.25, 0.3) is 5.52 Å². The van der Waals surface area contributed by atoms with E-state index in [-0.39, 0.29) is 31.1 Å². The minimum atomic E-state index is -1.37. The molecule has 3 N–H and O–H groups in total. The molecule has 2 aromatic heterocycles. The Morgan fingerprint density at radius 3 is 2.54 bits per heavy atom. The number of H-pyrrole nitrogens is 1. The Kier molecular flexibility index (Phi) is 3.57. The number of nitrogens with one attached hydrogen (secondary N) is 1. The zero-order valence-corrected chi connectivity index (χ0v) is 15.3. The maximum atomic E-state index is 15.0. The van der Waals surface area contributed by atoms with Crippen LogP contribution in [-0.2, 0) is 0 Å². The quantitative estimate of drug-likeness (QED) is 0.827. The molecule has 0 spiro atoms. The summed E-state index contributed by atoms with van der Waals surface area (Å²) in [7, 11) is 0. The van der Waals surface area contributed by atoms with Crippen molar-refractivity contribution in [1.29, 1.82) is 0 Å². The lowest BCUT2D eigenvalue weighted by Crippen LogP contribution is -2.41. The van der Waals surface area contributed by atoms with Gasteiger partial charge in [0.25, 0.3) is 5.56 Å². The first-order chi connectivity index (χ1) is 13.2. The maximum absolute atomic E-state index is 15.0. The van der Waals surface area contributed by atoms with Crippen LogP contribution in [0.5, 0.6) is 0 Å². The number of aromatic nitrogens is 2. The predicted octanol–water partition coefficient (Wildman–Crippen LogP) is 1.53. The zero-order valence-electron chi connectivity index (χ0n) is 15.3. The van der Waals surface area contributed by atoms with Crippen molar-refractivity contribution in [2.24, 2.45) is 11.7 Å². The van der Waals surface area contributed by atoms with Gasteiger partial charge in [-0.15, -0.1) is 0 Å². The molecule has 5 rings (SSSR count). The van der Waals surface area contributed by atoms with Gasteiger partial charge in [0.05, 0.1) is 22.9 Å². The molecule has 2 aliphatic carbocycles. The van der Waals surface area contributed by atoms with Crippen LogP contribution in [0.3, 0.4) is 0 Å². The topological polar surface area (TPSA) is 83.6 Å². The summed E-state index contributed by atoms with van der Waals surface area (Å²) in [5.41, 5.74) is 5.02. The van der Waals surface area contributed by atoms with E-state index in [2.05, 4.69) is 4.98 Å². The Balaban J connectivity index is 1.66. The van der Waals surface area contributed by atoms with Crippen molar-refractivity contribution in [3.8, 4) is 0 Å². The molecule has 28 heavy (non-hydrogen) atoms. The standard InChI is InChI=1S/C19H21F3N4O2/c1-8-15(25-5-10(11(20)6-25)19(23)4-13(19)22)12(21)7-26-16(8)14(9-2-3-9)17(27)24-18(26)28/h7,9-11,13H,2-6,23H2,1H3,(H,24,27,28). The first-order valence-corrected chi connectivity index (χ1v) is 9.52. The van der Waals surface area contributed by atoms with Crippen LogP contribution < -0.4 is 21.9 Å². The van der Waals surface area contributed by atoms with Gasteiger partial charge in [-0.2, -0.15) is 0 Å². The number of hydrogen-bond donors (Lipinski definition) is 2. The van der Waals surface area contributed by atoms with E-state index in [1.807, 2.05) is 0 Å². The SMILES string of the molecule is Cc1c(N2CC(F)C(C3(N)CC3F)C2)c(F)cn2c(=O)[nH]c(=O)c(C3CC3)c12. The normalized spacial score (nSPS) is 32.3. The van der Waals surface area contributed by atoms with Crippen molar-refractivity contribution >= 4 is 11.2 Å². The lowest BCUT2D eigenvalue weighted by Gasteiger charge is -2.24. The average molecular weight is 394 g/mol. The van der Waals surface area contributed by atoms with Crippen LogP contribution in [0.15, 0.2) is 15.8 Å². The highest BCUT2D eigenvalue weighted by atomic mass is 19.1. The Labute approximate surface area is 158 Å². The summed E-state index contributed by atoms with van der Waals surface area (Å²) < 4.78 is 44.4. The minimum absolute atomic E-state index is 0.0303. The molecule has 0 bridgehead atoms. The van der Waals surface area contributed by atoms with Crippen molar-refractivity contribution in [1.82, 2.24) is 9.38 Å². The fraction of sp³-hybridized carbons (Fsp3) is 0.579. The molecule has 9 heteroatoms. The minimum Gasteiger partial charge on any atom is -0.365 e. The molecule has 3 aliphatic rings. The number of aryl methyl sites for hydroxylation is 1. The number of anilines is 1. The third-order valence-electron chi connectivity index (χ3n) is 6.56. The summed E-state index contributed by atoms with van der Waals surface area (Å²) >= 11 is 0. The number of aromatic amines is 1. The Bertz CT molecular complexity index is 1110. The molecular formula is C19H21F3N4O2. The van der Waals surface area contributed by atoms with Crippen LogP contribution in [-0.4, -0.2) is 40.4 Å². The summed E-state index contributed by atoms with van der Waals surface area (Å²) in [6.45, 7) is 1.63. The fourth-order valence-electron chi connectivity index (χ4n) is 4.76. The highest BCUT2D eigenvalue weighted by Gasteiger charge is 2.61. The van der Waals surface area contributed by atoms with Crippen molar-refractivity contribution in [2.45, 2.75) is 50.0 Å². The molecule has 0 radical (unpaired) electrons. The largest absolute Gasteiger partial charge is 0.365 e. The molecule has 1 aliphatic heterocycles. The molecule has 0 aromatic carbocycles. The molecule has 3 fully saturated rings. The van der Waals surface area contributed by atoms with Gasteiger partial charge in [0.1, 0.15) is 12.3 Å². The number of nitrogens with zero attached hydrogens (tertiary/aromatic N) is 2. The van der Waals surface area contributed by atoms with Gasteiger partial charge in [0.15, 0.2) is 5.82 Å². The van der Waals surface area contributed by atoms with Gasteiger partial charge in [-0.1, -0.05) is 0 Å². The van der Waals surface area contributed by atoms with Crippen LogP contribution in [0.1, 0.15) is 36.3 Å². The fourth-order valence-corrected chi connectivity index (χ4v) is 4.76. The lowest BCUT2D eigenvalue weighted by molar-refractivity contribution is 0.223. The summed E-state index contributed by atoms with van der Waals surface area (Å²) in [6, 6.07) is 0. The second kappa shape index (κ2) is 5.62. The van der Waals surface area contributed by atoms with Crippen molar-refractivity contribution in [2.75, 3.05) is 18.0 Å². The highest BCUT2D eigenvalue weighted by molar-refractivity contribution is 5.72. The van der Waals surface area contributed by atoms with Crippen LogP contribution in [0.4, 0.5) is 18.9 Å². The van der Waals surface area contributed by atoms with Crippen molar-refractivity contribution in [3.05, 3.63) is 44.0 Å². The molecule has 1 saturated heterocycles. The van der Waals surface area contributed by atoms with Gasteiger partial charge in [-0.25, -0.2) is 18.0 Å². The zero-order chi connectivity index (χ0) is 20.0. The highest BCUT2D eigenvalue weighted by Crippen LogP contribution is 2.48. The molecule has 2 saturated carbocycles. The van der Waals surface area contributed by atoms with E-state index in [1.54, 1.807) is 6.92 Å². The number of alkyl halides is 2. The van der Waals surface area contributed by atoms with Crippen LogP contribution in [0.2, 0.25) is 0 Å². The Hall–Kier alpha value is -2.29. The molecule has 4 unspecified atom stereocenters. The summed E-state index contributed by atoms with van der Waals surface area (Å²) in [5.74, 6) is -1.38. The van der Waals surface area contributed by atoms with Crippen LogP contribution in [0, 0.1) is 18.7 Å². The molecule has 2 aromatic rings. The molecule has 6 nitrogen and oxygen atoms in total. The second-order valence-corrected chi connectivity index (χ2v) is 8.43. The number of hydrogen-bond acceptors (Lipinski definition) is 4. The lowest BCUT2D eigenvalue weighted by atomic mass is 9.95. The third-order valence-corrected chi connectivity index (χ3v) is 6.56. The van der Waals surface area contributed by atoms with E-state index in [4.69, 9.17) is 5.73 Å². The van der Waals surface area contributed by atoms with Gasteiger partial charge in [0.2, 0.25) is 0 Å². The van der Waals surface area contributed by atoms with Gasteiger partial charge < -0.3 is 10.6 Å². The van der Waals surface area contributed by atoms with Gasteiger partial charge in [-0.05, 0) is 25.7 Å². The monoisotopic (exact) mass is 394 g/mol. The maximum Gasteiger partial charge on any atom is 0.333 e. The summed E-state index contributed by atoms with van der Waals surface area (Å²) in [4.78, 5) is 28.4. The van der Waals surface area contributed by atoms with Gasteiger partial charge in [-0.3, -0.25) is 14.2 Å². The first kappa shape index (κ1) is 17.8. The van der Waals surface area contributed by atoms with Gasteiger partial charge in [0, 0.05) is 36.6 Å². The average Bonchev–Trinajstić information content (AvgIpc) is 3.50. The summed E-state index contributed by atoms with van der Waals surface area (Å²) in [5, 5.41) is 0. The second-order valence-electron chi connectivity index (χ2n) is 8.43. The Morgan fingerprint density at radius 1 is 1.25 bits per heavy atom. The smallest absolute Gasteiger partial charge is 0.333 e. The molecular weight excluding hydrogens is 373 g/mol. The molecule has 0 amide bonds. The van der Waals surface area contributed by atoms with E-state index in [0.29, 0.717) is 16.6 Å². The van der Waals surface area contributed by atoms with Crippen molar-refractivity contribution < 1.29 is 13.2 Å². The van der Waals surface area contributed by atoms with E-state index >= 15 is 0 Å². The number of nitrogens with two attached hydrogens (primary N) is 1. The van der Waals surface area contributed by atoms with E-state index < -0.39 is 40.9 Å². The number of pyridine rings is 1. The molecule has 3 heterocycles. The number of halogens is 3. The van der Waals surface area contributed by atoms with Crippen molar-refractivity contribution in [3.63, 3.8) is 0 Å². The summed E-state index contributed by atoms with van der Waals surface area (Å²) in [6.07, 6.45) is 0.198. The molecule has 150 valence electrons. The molecule has 4 atom stereocenters. The number of rotatable bonds is 3. The van der Waals surface area contributed by atoms with E-state index in [0.717, 1.165) is 23.4 Å². The van der Waals surface area contributed by atoms with Gasteiger partial charge >= 0.3 is 5.69 Å². The van der Waals surface area contributed by atoms with E-state index in [9.17, 15) is 22.8 Å². The Morgan fingerprint density at radius 2 is 1.93 bits per heavy atom.